The van der Waals surface area contributed by atoms with E-state index in [9.17, 15) is 0 Å². The van der Waals surface area contributed by atoms with E-state index in [0.717, 1.165) is 24.6 Å². The first-order valence-electron chi connectivity index (χ1n) is 7.72. The van der Waals surface area contributed by atoms with Gasteiger partial charge in [0.2, 0.25) is 0 Å². The normalized spacial score (nSPS) is 14.1. The van der Waals surface area contributed by atoms with Gasteiger partial charge >= 0.3 is 0 Å². The number of aromatic nitrogens is 3. The van der Waals surface area contributed by atoms with Crippen LogP contribution >= 0.6 is 0 Å². The summed E-state index contributed by atoms with van der Waals surface area (Å²) in [6, 6.07) is 9.21. The van der Waals surface area contributed by atoms with Gasteiger partial charge in [-0.1, -0.05) is 36.8 Å². The van der Waals surface area contributed by atoms with Crippen LogP contribution in [0, 0.1) is 20.8 Å². The first kappa shape index (κ1) is 15.7. The van der Waals surface area contributed by atoms with Crippen molar-refractivity contribution < 1.29 is 0 Å². The van der Waals surface area contributed by atoms with E-state index in [-0.39, 0.29) is 12.1 Å². The highest BCUT2D eigenvalue weighted by Gasteiger charge is 2.22. The van der Waals surface area contributed by atoms with E-state index >= 15 is 0 Å². The third kappa shape index (κ3) is 3.70. The lowest BCUT2D eigenvalue weighted by Crippen LogP contribution is -2.30. The highest BCUT2D eigenvalue weighted by molar-refractivity contribution is 5.25. The van der Waals surface area contributed by atoms with Crippen molar-refractivity contribution in [2.75, 3.05) is 6.54 Å². The van der Waals surface area contributed by atoms with E-state index in [4.69, 9.17) is 0 Å². The van der Waals surface area contributed by atoms with Crippen molar-refractivity contribution >= 4 is 0 Å². The fraction of sp³-hybridized carbons (Fsp3) is 0.529. The number of nitrogens with one attached hydrogen (secondary N) is 1. The maximum atomic E-state index is 4.55. The Bertz CT molecular complexity index is 571. The fourth-order valence-electron chi connectivity index (χ4n) is 2.70. The lowest BCUT2D eigenvalue weighted by atomic mass is 9.99. The van der Waals surface area contributed by atoms with E-state index in [2.05, 4.69) is 60.4 Å². The lowest BCUT2D eigenvalue weighted by molar-refractivity contribution is 0.347. The first-order valence-corrected chi connectivity index (χ1v) is 7.72. The van der Waals surface area contributed by atoms with Crippen LogP contribution < -0.4 is 5.32 Å². The molecule has 1 aromatic heterocycles. The Labute approximate surface area is 127 Å². The van der Waals surface area contributed by atoms with Crippen molar-refractivity contribution in [2.24, 2.45) is 0 Å². The van der Waals surface area contributed by atoms with Crippen LogP contribution in [0.3, 0.4) is 0 Å². The molecule has 4 heteroatoms. The molecule has 2 atom stereocenters. The molecule has 114 valence electrons. The highest BCUT2D eigenvalue weighted by atomic mass is 15.4. The molecule has 2 rings (SSSR count). The fourth-order valence-corrected chi connectivity index (χ4v) is 2.70. The second-order valence-electron chi connectivity index (χ2n) is 5.73. The van der Waals surface area contributed by atoms with Crippen LogP contribution in [0.1, 0.15) is 55.1 Å². The predicted molar refractivity (Wildman–Crippen MR) is 86.4 cm³/mol. The topological polar surface area (TPSA) is 42.7 Å². The summed E-state index contributed by atoms with van der Waals surface area (Å²) in [7, 11) is 0. The van der Waals surface area contributed by atoms with Crippen LogP contribution in [0.25, 0.3) is 0 Å². The molecule has 1 N–H and O–H groups in total. The SMILES string of the molecule is CCCNC(c1ccc(C)cc1)C(C)n1nc(C)nc1C. The minimum absolute atomic E-state index is 0.223. The molecule has 0 saturated heterocycles. The second-order valence-corrected chi connectivity index (χ2v) is 5.73. The molecule has 0 saturated carbocycles. The maximum absolute atomic E-state index is 4.55. The molecule has 4 nitrogen and oxygen atoms in total. The van der Waals surface area contributed by atoms with Gasteiger partial charge in [-0.3, -0.25) is 0 Å². The monoisotopic (exact) mass is 286 g/mol. The average Bonchev–Trinajstić information content (AvgIpc) is 2.79. The number of hydrogen-bond donors (Lipinski definition) is 1. The maximum Gasteiger partial charge on any atom is 0.147 e. The van der Waals surface area contributed by atoms with Crippen LogP contribution in [0.15, 0.2) is 24.3 Å². The Morgan fingerprint density at radius 1 is 1.14 bits per heavy atom. The first-order chi connectivity index (χ1) is 10.0. The van der Waals surface area contributed by atoms with Crippen molar-refractivity contribution in [1.82, 2.24) is 20.1 Å². The third-order valence-electron chi connectivity index (χ3n) is 3.83. The van der Waals surface area contributed by atoms with Gasteiger partial charge in [0.05, 0.1) is 12.1 Å². The van der Waals surface area contributed by atoms with Gasteiger partial charge in [-0.2, -0.15) is 5.10 Å². The Morgan fingerprint density at radius 2 is 1.81 bits per heavy atom. The van der Waals surface area contributed by atoms with E-state index in [1.165, 1.54) is 11.1 Å². The molecule has 0 aliphatic carbocycles. The molecule has 0 fully saturated rings. The molecular formula is C17H26N4. The van der Waals surface area contributed by atoms with E-state index in [1.807, 2.05) is 18.5 Å². The van der Waals surface area contributed by atoms with Gasteiger partial charge in [0.1, 0.15) is 11.6 Å². The van der Waals surface area contributed by atoms with E-state index < -0.39 is 0 Å². The molecule has 0 bridgehead atoms. The van der Waals surface area contributed by atoms with Crippen LogP contribution in [0.5, 0.6) is 0 Å². The summed E-state index contributed by atoms with van der Waals surface area (Å²) in [6.45, 7) is 11.5. The summed E-state index contributed by atoms with van der Waals surface area (Å²) >= 11 is 0. The van der Waals surface area contributed by atoms with Gasteiger partial charge < -0.3 is 5.32 Å². The standard InChI is InChI=1S/C17H26N4/c1-6-11-18-17(16-9-7-12(2)8-10-16)13(3)21-15(5)19-14(4)20-21/h7-10,13,17-18H,6,11H2,1-5H3. The summed E-state index contributed by atoms with van der Waals surface area (Å²) in [5, 5.41) is 8.20. The van der Waals surface area contributed by atoms with Crippen molar-refractivity contribution in [3.8, 4) is 0 Å². The molecule has 2 unspecified atom stereocenters. The molecule has 21 heavy (non-hydrogen) atoms. The average molecular weight is 286 g/mol. The van der Waals surface area contributed by atoms with Crippen molar-refractivity contribution in [3.05, 3.63) is 47.0 Å². The van der Waals surface area contributed by atoms with Gasteiger partial charge in [0.25, 0.3) is 0 Å². The summed E-state index contributed by atoms with van der Waals surface area (Å²) in [5.41, 5.74) is 2.59. The minimum Gasteiger partial charge on any atom is -0.308 e. The number of benzene rings is 1. The van der Waals surface area contributed by atoms with Crippen LogP contribution in [-0.2, 0) is 0 Å². The summed E-state index contributed by atoms with van der Waals surface area (Å²) in [4.78, 5) is 4.43. The summed E-state index contributed by atoms with van der Waals surface area (Å²) in [5.74, 6) is 1.80. The third-order valence-corrected chi connectivity index (χ3v) is 3.83. The van der Waals surface area contributed by atoms with Gasteiger partial charge in [-0.15, -0.1) is 0 Å². The van der Waals surface area contributed by atoms with Gasteiger partial charge in [-0.25, -0.2) is 9.67 Å². The Morgan fingerprint density at radius 3 is 2.33 bits per heavy atom. The molecule has 1 heterocycles. The van der Waals surface area contributed by atoms with Gasteiger partial charge in [0, 0.05) is 0 Å². The molecule has 0 aliphatic heterocycles. The quantitative estimate of drug-likeness (QED) is 0.883. The smallest absolute Gasteiger partial charge is 0.147 e. The summed E-state index contributed by atoms with van der Waals surface area (Å²) in [6.07, 6.45) is 1.12. The highest BCUT2D eigenvalue weighted by Crippen LogP contribution is 2.26. The van der Waals surface area contributed by atoms with Crippen molar-refractivity contribution in [2.45, 2.75) is 53.1 Å². The molecule has 0 aliphatic rings. The lowest BCUT2D eigenvalue weighted by Gasteiger charge is -2.26. The van der Waals surface area contributed by atoms with E-state index in [0.29, 0.717) is 0 Å². The Balaban J connectivity index is 2.30. The second kappa shape index (κ2) is 6.85. The Kier molecular flexibility index (Phi) is 5.12. The molecule has 0 radical (unpaired) electrons. The number of nitrogens with zero attached hydrogens (tertiary/aromatic N) is 3. The minimum atomic E-state index is 0.223. The van der Waals surface area contributed by atoms with E-state index in [1.54, 1.807) is 0 Å². The van der Waals surface area contributed by atoms with Crippen LogP contribution in [-0.4, -0.2) is 21.3 Å². The van der Waals surface area contributed by atoms with Crippen molar-refractivity contribution in [3.63, 3.8) is 0 Å². The zero-order valence-electron chi connectivity index (χ0n) is 13.7. The molecule has 2 aromatic rings. The van der Waals surface area contributed by atoms with Crippen molar-refractivity contribution in [1.29, 1.82) is 0 Å². The molecule has 1 aromatic carbocycles. The van der Waals surface area contributed by atoms with Crippen LogP contribution in [0.2, 0.25) is 0 Å². The zero-order chi connectivity index (χ0) is 15.4. The summed E-state index contributed by atoms with van der Waals surface area (Å²) < 4.78 is 2.03. The number of aryl methyl sites for hydroxylation is 3. The molecular weight excluding hydrogens is 260 g/mol. The Hall–Kier alpha value is -1.68. The molecule has 0 amide bonds. The van der Waals surface area contributed by atoms with Gasteiger partial charge in [-0.05, 0) is 46.2 Å². The zero-order valence-corrected chi connectivity index (χ0v) is 13.7. The number of rotatable bonds is 6. The molecule has 0 spiro atoms. The predicted octanol–water partition coefficient (Wildman–Crippen LogP) is 3.51. The van der Waals surface area contributed by atoms with Crippen LogP contribution in [0.4, 0.5) is 0 Å². The largest absolute Gasteiger partial charge is 0.308 e. The van der Waals surface area contributed by atoms with Gasteiger partial charge in [0.15, 0.2) is 0 Å². The number of hydrogen-bond acceptors (Lipinski definition) is 3.